The molecule has 0 aliphatic heterocycles. The molecule has 0 saturated heterocycles. The Kier molecular flexibility index (Phi) is 4.57. The lowest BCUT2D eigenvalue weighted by Gasteiger charge is -2.07. The van der Waals surface area contributed by atoms with Gasteiger partial charge in [-0.2, -0.15) is 0 Å². The molecular weight excluding hydrogens is 363 g/mol. The van der Waals surface area contributed by atoms with Gasteiger partial charge in [-0.15, -0.1) is 0 Å². The molecule has 3 nitrogen and oxygen atoms in total. The third-order valence-electron chi connectivity index (χ3n) is 4.23. The van der Waals surface area contributed by atoms with Crippen LogP contribution in [0.2, 0.25) is 5.02 Å². The van der Waals surface area contributed by atoms with E-state index in [1.165, 1.54) is 18.2 Å². The molecule has 0 radical (unpaired) electrons. The third kappa shape index (κ3) is 3.52. The zero-order chi connectivity index (χ0) is 18.8. The van der Waals surface area contributed by atoms with Crippen LogP contribution in [-0.2, 0) is 0 Å². The lowest BCUT2D eigenvalue weighted by Crippen LogP contribution is -2.02. The molecule has 0 fully saturated rings. The van der Waals surface area contributed by atoms with Gasteiger partial charge in [0.15, 0.2) is 0 Å². The molecule has 132 valence electrons. The lowest BCUT2D eigenvalue weighted by molar-refractivity contribution is 0.103. The molecule has 4 aromatic rings. The number of halogens is 2. The topological polar surface area (TPSA) is 34.9 Å². The van der Waals surface area contributed by atoms with Crippen molar-refractivity contribution in [2.45, 2.75) is 0 Å². The number of ketones is 1. The van der Waals surface area contributed by atoms with Gasteiger partial charge in [0.1, 0.15) is 17.8 Å². The Bertz CT molecular complexity index is 1140. The number of imidazole rings is 1. The van der Waals surface area contributed by atoms with Gasteiger partial charge in [-0.25, -0.2) is 9.37 Å². The fourth-order valence-electron chi connectivity index (χ4n) is 2.89. The number of aromatic nitrogens is 2. The van der Waals surface area contributed by atoms with E-state index in [0.29, 0.717) is 5.02 Å². The maximum absolute atomic E-state index is 13.4. The van der Waals surface area contributed by atoms with Crippen molar-refractivity contribution in [3.05, 3.63) is 107 Å². The van der Waals surface area contributed by atoms with Crippen LogP contribution in [0.5, 0.6) is 0 Å². The zero-order valence-corrected chi connectivity index (χ0v) is 14.9. The molecule has 0 aliphatic rings. The van der Waals surface area contributed by atoms with E-state index in [0.717, 1.165) is 16.8 Å². The number of hydrogen-bond donors (Lipinski definition) is 0. The highest BCUT2D eigenvalue weighted by Gasteiger charge is 2.14. The highest BCUT2D eigenvalue weighted by atomic mass is 35.5. The van der Waals surface area contributed by atoms with E-state index in [4.69, 9.17) is 11.6 Å². The Morgan fingerprint density at radius 3 is 2.59 bits per heavy atom. The van der Waals surface area contributed by atoms with Crippen molar-refractivity contribution < 1.29 is 9.18 Å². The van der Waals surface area contributed by atoms with Crippen molar-refractivity contribution >= 4 is 17.4 Å². The van der Waals surface area contributed by atoms with E-state index in [1.54, 1.807) is 23.2 Å². The summed E-state index contributed by atoms with van der Waals surface area (Å²) in [6.45, 7) is 0. The number of hydrogen-bond acceptors (Lipinski definition) is 2. The van der Waals surface area contributed by atoms with E-state index in [2.05, 4.69) is 4.98 Å². The predicted octanol–water partition coefficient (Wildman–Crippen LogP) is 5.56. The van der Waals surface area contributed by atoms with Crippen LogP contribution in [0.1, 0.15) is 16.1 Å². The van der Waals surface area contributed by atoms with Crippen molar-refractivity contribution in [3.8, 4) is 16.8 Å². The molecule has 5 heteroatoms. The number of carbonyl (C=O) groups excluding carboxylic acids is 1. The zero-order valence-electron chi connectivity index (χ0n) is 14.1. The van der Waals surface area contributed by atoms with Gasteiger partial charge in [0.05, 0.1) is 0 Å². The summed E-state index contributed by atoms with van der Waals surface area (Å²) in [6, 6.07) is 21.0. The first-order chi connectivity index (χ1) is 13.1. The SMILES string of the molecule is O=C(c1cccc(F)c1)c1cn(-c2cccc(-c3ccccc3Cl)c2)cn1. The van der Waals surface area contributed by atoms with Crippen LogP contribution in [0.3, 0.4) is 0 Å². The minimum atomic E-state index is -0.451. The number of nitrogens with zero attached hydrogens (tertiary/aromatic N) is 2. The lowest BCUT2D eigenvalue weighted by atomic mass is 10.1. The molecule has 4 rings (SSSR count). The Labute approximate surface area is 160 Å². The van der Waals surface area contributed by atoms with Crippen molar-refractivity contribution in [2.75, 3.05) is 0 Å². The average Bonchev–Trinajstić information content (AvgIpc) is 3.18. The first kappa shape index (κ1) is 17.2. The van der Waals surface area contributed by atoms with Crippen LogP contribution in [0.25, 0.3) is 16.8 Å². The molecule has 0 spiro atoms. The normalized spacial score (nSPS) is 10.7. The Morgan fingerprint density at radius 2 is 1.78 bits per heavy atom. The van der Waals surface area contributed by atoms with Gasteiger partial charge in [-0.05, 0) is 35.9 Å². The predicted molar refractivity (Wildman–Crippen MR) is 104 cm³/mol. The number of benzene rings is 3. The van der Waals surface area contributed by atoms with Crippen molar-refractivity contribution in [2.24, 2.45) is 0 Å². The molecule has 27 heavy (non-hydrogen) atoms. The minimum absolute atomic E-state index is 0.253. The van der Waals surface area contributed by atoms with Gasteiger partial charge < -0.3 is 4.57 Å². The van der Waals surface area contributed by atoms with Crippen LogP contribution in [-0.4, -0.2) is 15.3 Å². The Balaban J connectivity index is 1.67. The standard InChI is InChI=1S/C22H14ClFN2O/c23-20-10-2-1-9-19(20)15-5-4-8-18(12-15)26-13-21(25-14-26)22(27)16-6-3-7-17(24)11-16/h1-14H. The highest BCUT2D eigenvalue weighted by Crippen LogP contribution is 2.28. The van der Waals surface area contributed by atoms with Gasteiger partial charge in [0.25, 0.3) is 0 Å². The largest absolute Gasteiger partial charge is 0.306 e. The maximum atomic E-state index is 13.4. The summed E-state index contributed by atoms with van der Waals surface area (Å²) in [5.41, 5.74) is 3.26. The molecule has 0 N–H and O–H groups in total. The third-order valence-corrected chi connectivity index (χ3v) is 4.56. The molecular formula is C22H14ClFN2O. The second-order valence-electron chi connectivity index (χ2n) is 6.04. The summed E-state index contributed by atoms with van der Waals surface area (Å²) in [4.78, 5) is 16.7. The quantitative estimate of drug-likeness (QED) is 0.437. The van der Waals surface area contributed by atoms with E-state index >= 15 is 0 Å². The summed E-state index contributed by atoms with van der Waals surface area (Å²) in [6.07, 6.45) is 3.21. The Morgan fingerprint density at radius 1 is 0.963 bits per heavy atom. The van der Waals surface area contributed by atoms with Crippen LogP contribution in [0.15, 0.2) is 85.3 Å². The van der Waals surface area contributed by atoms with Gasteiger partial charge in [-0.1, -0.05) is 54.1 Å². The minimum Gasteiger partial charge on any atom is -0.306 e. The Hall–Kier alpha value is -3.24. The molecule has 0 atom stereocenters. The fraction of sp³-hybridized carbons (Fsp3) is 0. The molecule has 0 aliphatic carbocycles. The van der Waals surface area contributed by atoms with Gasteiger partial charge in [0, 0.05) is 28.0 Å². The molecule has 0 amide bonds. The summed E-state index contributed by atoms with van der Waals surface area (Å²) < 4.78 is 15.1. The summed E-state index contributed by atoms with van der Waals surface area (Å²) in [5.74, 6) is -0.775. The van der Waals surface area contributed by atoms with Gasteiger partial charge >= 0.3 is 0 Å². The van der Waals surface area contributed by atoms with E-state index in [9.17, 15) is 9.18 Å². The van der Waals surface area contributed by atoms with Crippen LogP contribution in [0, 0.1) is 5.82 Å². The number of carbonyl (C=O) groups is 1. The van der Waals surface area contributed by atoms with E-state index < -0.39 is 5.82 Å². The number of rotatable bonds is 4. The average molecular weight is 377 g/mol. The van der Waals surface area contributed by atoms with Crippen LogP contribution in [0.4, 0.5) is 4.39 Å². The molecule has 1 aromatic heterocycles. The molecule has 1 heterocycles. The second kappa shape index (κ2) is 7.17. The molecule has 0 unspecified atom stereocenters. The highest BCUT2D eigenvalue weighted by molar-refractivity contribution is 6.33. The van der Waals surface area contributed by atoms with E-state index in [-0.39, 0.29) is 17.0 Å². The first-order valence-corrected chi connectivity index (χ1v) is 8.69. The fourth-order valence-corrected chi connectivity index (χ4v) is 3.13. The van der Waals surface area contributed by atoms with Gasteiger partial charge in [-0.3, -0.25) is 4.79 Å². The van der Waals surface area contributed by atoms with Crippen molar-refractivity contribution in [1.82, 2.24) is 9.55 Å². The van der Waals surface area contributed by atoms with Gasteiger partial charge in [0.2, 0.25) is 5.78 Å². The first-order valence-electron chi connectivity index (χ1n) is 8.31. The summed E-state index contributed by atoms with van der Waals surface area (Å²) >= 11 is 6.29. The van der Waals surface area contributed by atoms with Crippen molar-refractivity contribution in [3.63, 3.8) is 0 Å². The summed E-state index contributed by atoms with van der Waals surface area (Å²) in [7, 11) is 0. The van der Waals surface area contributed by atoms with Crippen LogP contribution < -0.4 is 0 Å². The van der Waals surface area contributed by atoms with Crippen molar-refractivity contribution in [1.29, 1.82) is 0 Å². The molecule has 0 bridgehead atoms. The second-order valence-corrected chi connectivity index (χ2v) is 6.44. The maximum Gasteiger partial charge on any atom is 0.213 e. The smallest absolute Gasteiger partial charge is 0.213 e. The van der Waals surface area contributed by atoms with E-state index in [1.807, 2.05) is 48.5 Å². The molecule has 0 saturated carbocycles. The summed E-state index contributed by atoms with van der Waals surface area (Å²) in [5, 5.41) is 0.669. The molecule has 3 aromatic carbocycles. The van der Waals surface area contributed by atoms with Crippen LogP contribution >= 0.6 is 11.6 Å². The monoisotopic (exact) mass is 376 g/mol.